The molecule has 2 N–H and O–H groups in total. The maximum absolute atomic E-state index is 6.60. The topological polar surface area (TPSA) is 61.5 Å². The molecule has 1 saturated heterocycles. The largest absolute Gasteiger partial charge is 0.393 e. The lowest BCUT2D eigenvalue weighted by Crippen LogP contribution is -2.46. The van der Waals surface area contributed by atoms with Gasteiger partial charge in [-0.3, -0.25) is 4.90 Å². The predicted molar refractivity (Wildman–Crippen MR) is 122 cm³/mol. The van der Waals surface area contributed by atoms with E-state index in [0.29, 0.717) is 17.5 Å². The predicted octanol–water partition coefficient (Wildman–Crippen LogP) is 3.50. The number of piperazine rings is 1. The highest BCUT2D eigenvalue weighted by Crippen LogP contribution is 2.30. The Hall–Kier alpha value is -2.34. The second kappa shape index (κ2) is 9.92. The zero-order valence-corrected chi connectivity index (χ0v) is 18.4. The van der Waals surface area contributed by atoms with Crippen LogP contribution in [0, 0.1) is 11.8 Å². The average Bonchev–Trinajstić information content (AvgIpc) is 2.68. The van der Waals surface area contributed by atoms with Crippen LogP contribution in [-0.4, -0.2) is 54.1 Å². The van der Waals surface area contributed by atoms with E-state index in [1.165, 1.54) is 5.56 Å². The van der Waals surface area contributed by atoms with Crippen molar-refractivity contribution in [3.63, 3.8) is 0 Å². The van der Waals surface area contributed by atoms with E-state index in [-0.39, 0.29) is 0 Å². The smallest absolute Gasteiger partial charge is 0.157 e. The molecule has 2 aromatic rings. The summed E-state index contributed by atoms with van der Waals surface area (Å²) in [5.74, 6) is 2.86. The van der Waals surface area contributed by atoms with Gasteiger partial charge in [-0.15, -0.1) is 0 Å². The van der Waals surface area contributed by atoms with E-state index in [0.717, 1.165) is 57.4 Å². The molecule has 6 heteroatoms. The molecule has 29 heavy (non-hydrogen) atoms. The molecule has 0 bridgehead atoms. The summed E-state index contributed by atoms with van der Waals surface area (Å²) in [4.78, 5) is 16.2. The second-order valence-corrected chi connectivity index (χ2v) is 8.88. The third-order valence-corrected chi connectivity index (χ3v) is 5.23. The highest BCUT2D eigenvalue weighted by Gasteiger charge is 2.23. The molecule has 1 aliphatic heterocycles. The average molecular weight is 397 g/mol. The van der Waals surface area contributed by atoms with E-state index >= 15 is 0 Å². The van der Waals surface area contributed by atoms with E-state index in [2.05, 4.69) is 82.7 Å². The van der Waals surface area contributed by atoms with Gasteiger partial charge in [-0.2, -0.15) is 0 Å². The molecule has 0 radical (unpaired) electrons. The molecule has 0 saturated carbocycles. The Kier molecular flexibility index (Phi) is 7.31. The lowest BCUT2D eigenvalue weighted by Gasteiger charge is -2.36. The Morgan fingerprint density at radius 3 is 2.14 bits per heavy atom. The summed E-state index contributed by atoms with van der Waals surface area (Å²) < 4.78 is 0. The number of rotatable bonds is 8. The van der Waals surface area contributed by atoms with Crippen molar-refractivity contribution in [3.05, 3.63) is 42.2 Å². The fraction of sp³-hybridized carbons (Fsp3) is 0.565. The molecule has 6 nitrogen and oxygen atoms in total. The van der Waals surface area contributed by atoms with Crippen molar-refractivity contribution in [2.75, 3.05) is 54.8 Å². The van der Waals surface area contributed by atoms with Crippen molar-refractivity contribution in [2.45, 2.75) is 34.2 Å². The lowest BCUT2D eigenvalue weighted by molar-refractivity contribution is 0.249. The van der Waals surface area contributed by atoms with Crippen molar-refractivity contribution in [2.24, 2.45) is 11.8 Å². The number of benzene rings is 1. The van der Waals surface area contributed by atoms with Gasteiger partial charge in [0.05, 0.1) is 0 Å². The van der Waals surface area contributed by atoms with Gasteiger partial charge in [-0.1, -0.05) is 58.0 Å². The first-order valence-corrected chi connectivity index (χ1v) is 10.8. The highest BCUT2D eigenvalue weighted by atomic mass is 15.3. The van der Waals surface area contributed by atoms with Gasteiger partial charge in [-0.25, -0.2) is 9.97 Å². The van der Waals surface area contributed by atoms with Crippen molar-refractivity contribution in [1.29, 1.82) is 0 Å². The van der Waals surface area contributed by atoms with Gasteiger partial charge in [0.2, 0.25) is 0 Å². The number of hydrogen-bond acceptors (Lipinski definition) is 6. The number of nitrogens with zero attached hydrogens (tertiary/aromatic N) is 5. The second-order valence-electron chi connectivity index (χ2n) is 8.88. The fourth-order valence-corrected chi connectivity index (χ4v) is 3.97. The van der Waals surface area contributed by atoms with Gasteiger partial charge >= 0.3 is 0 Å². The summed E-state index contributed by atoms with van der Waals surface area (Å²) in [5.41, 5.74) is 8.68. The monoisotopic (exact) mass is 396 g/mol. The number of hydrogen-bond donors (Lipinski definition) is 1. The molecular formula is C23H36N6. The minimum Gasteiger partial charge on any atom is -0.393 e. The molecule has 1 aliphatic rings. The normalized spacial score (nSPS) is 15.3. The van der Waals surface area contributed by atoms with Crippen molar-refractivity contribution >= 4 is 17.3 Å². The Bertz CT molecular complexity index is 743. The minimum absolute atomic E-state index is 0.549. The molecule has 3 rings (SSSR count). The van der Waals surface area contributed by atoms with Crippen LogP contribution in [0.25, 0.3) is 0 Å². The third-order valence-electron chi connectivity index (χ3n) is 5.23. The van der Waals surface area contributed by atoms with Gasteiger partial charge in [0.25, 0.3) is 0 Å². The molecule has 0 spiro atoms. The summed E-state index contributed by atoms with van der Waals surface area (Å²) in [7, 11) is 0. The third kappa shape index (κ3) is 5.82. The van der Waals surface area contributed by atoms with Crippen LogP contribution in [-0.2, 0) is 6.54 Å². The van der Waals surface area contributed by atoms with E-state index in [1.807, 2.05) is 0 Å². The molecule has 0 unspecified atom stereocenters. The van der Waals surface area contributed by atoms with Gasteiger partial charge in [-0.05, 0) is 17.4 Å². The molecular weight excluding hydrogens is 360 g/mol. The van der Waals surface area contributed by atoms with Gasteiger partial charge in [0.15, 0.2) is 11.6 Å². The van der Waals surface area contributed by atoms with Crippen LogP contribution in [0.1, 0.15) is 33.3 Å². The van der Waals surface area contributed by atoms with Crippen LogP contribution in [0.5, 0.6) is 0 Å². The number of nitrogens with two attached hydrogens (primary N) is 1. The highest BCUT2D eigenvalue weighted by molar-refractivity contribution is 5.75. The van der Waals surface area contributed by atoms with Crippen LogP contribution in [0.15, 0.2) is 36.7 Å². The van der Waals surface area contributed by atoms with E-state index < -0.39 is 0 Å². The van der Waals surface area contributed by atoms with Gasteiger partial charge in [0, 0.05) is 45.8 Å². The summed E-state index contributed by atoms with van der Waals surface area (Å²) >= 11 is 0. The minimum atomic E-state index is 0.549. The summed E-state index contributed by atoms with van der Waals surface area (Å²) in [5, 5.41) is 0. The molecule has 2 heterocycles. The van der Waals surface area contributed by atoms with E-state index in [9.17, 15) is 0 Å². The molecule has 1 fully saturated rings. The first-order chi connectivity index (χ1) is 13.9. The van der Waals surface area contributed by atoms with Crippen LogP contribution in [0.2, 0.25) is 0 Å². The molecule has 0 amide bonds. The zero-order chi connectivity index (χ0) is 20.8. The van der Waals surface area contributed by atoms with Crippen LogP contribution < -0.4 is 15.5 Å². The van der Waals surface area contributed by atoms with Crippen LogP contribution in [0.4, 0.5) is 17.3 Å². The van der Waals surface area contributed by atoms with E-state index in [4.69, 9.17) is 5.73 Å². The SMILES string of the molecule is CC(C)CN(CC(C)C)c1ncnc(N2CCN(Cc3ccccc3)CC2)c1N. The maximum Gasteiger partial charge on any atom is 0.157 e. The molecule has 158 valence electrons. The standard InChI is InChI=1S/C23H36N6/c1-18(2)14-29(15-19(3)4)23-21(24)22(25-17-26-23)28-12-10-27(11-13-28)16-20-8-6-5-7-9-20/h5-9,17-19H,10-16,24H2,1-4H3. The Morgan fingerprint density at radius 2 is 1.55 bits per heavy atom. The summed E-state index contributed by atoms with van der Waals surface area (Å²) in [6.45, 7) is 15.7. The van der Waals surface area contributed by atoms with Crippen LogP contribution in [0.3, 0.4) is 0 Å². The van der Waals surface area contributed by atoms with Gasteiger partial charge < -0.3 is 15.5 Å². The maximum atomic E-state index is 6.60. The fourth-order valence-electron chi connectivity index (χ4n) is 3.97. The molecule has 1 aromatic carbocycles. The zero-order valence-electron chi connectivity index (χ0n) is 18.4. The summed E-state index contributed by atoms with van der Waals surface area (Å²) in [6.07, 6.45) is 1.67. The van der Waals surface area contributed by atoms with E-state index in [1.54, 1.807) is 6.33 Å². The lowest BCUT2D eigenvalue weighted by atomic mass is 10.1. The van der Waals surface area contributed by atoms with Crippen LogP contribution >= 0.6 is 0 Å². The Balaban J connectivity index is 1.69. The summed E-state index contributed by atoms with van der Waals surface area (Å²) in [6, 6.07) is 10.7. The Morgan fingerprint density at radius 1 is 0.931 bits per heavy atom. The number of nitrogen functional groups attached to an aromatic ring is 1. The first-order valence-electron chi connectivity index (χ1n) is 10.8. The van der Waals surface area contributed by atoms with Crippen molar-refractivity contribution < 1.29 is 0 Å². The Labute approximate surface area is 175 Å². The number of anilines is 3. The molecule has 0 atom stereocenters. The first kappa shape index (κ1) is 21.4. The van der Waals surface area contributed by atoms with Crippen molar-refractivity contribution in [1.82, 2.24) is 14.9 Å². The van der Waals surface area contributed by atoms with Gasteiger partial charge in [0.1, 0.15) is 12.0 Å². The quantitative estimate of drug-likeness (QED) is 0.737. The molecule has 0 aliphatic carbocycles. The molecule has 1 aromatic heterocycles. The number of aromatic nitrogens is 2. The van der Waals surface area contributed by atoms with Crippen molar-refractivity contribution in [3.8, 4) is 0 Å².